The first-order chi connectivity index (χ1) is 15.5. The Bertz CT molecular complexity index is 1140. The summed E-state index contributed by atoms with van der Waals surface area (Å²) in [5, 5.41) is 6.81. The first-order valence-corrected chi connectivity index (χ1v) is 10.9. The number of fused-ring (bicyclic) bond motifs is 1. The van der Waals surface area contributed by atoms with Gasteiger partial charge in [-0.05, 0) is 37.1 Å². The first-order valence-electron chi connectivity index (χ1n) is 10.9. The van der Waals surface area contributed by atoms with Crippen molar-refractivity contribution in [2.75, 3.05) is 12.4 Å². The third-order valence-corrected chi connectivity index (χ3v) is 6.24. The van der Waals surface area contributed by atoms with Crippen LogP contribution in [0.15, 0.2) is 60.7 Å². The van der Waals surface area contributed by atoms with Gasteiger partial charge in [0.2, 0.25) is 5.91 Å². The molecule has 0 aliphatic heterocycles. The van der Waals surface area contributed by atoms with Crippen molar-refractivity contribution in [3.05, 3.63) is 66.4 Å². The van der Waals surface area contributed by atoms with Gasteiger partial charge in [-0.25, -0.2) is 4.79 Å². The molecule has 1 aliphatic carbocycles. The summed E-state index contributed by atoms with van der Waals surface area (Å²) in [5.41, 5.74) is 2.16. The molecule has 0 radical (unpaired) electrons. The molecule has 1 heterocycles. The van der Waals surface area contributed by atoms with Crippen molar-refractivity contribution in [2.45, 2.75) is 31.7 Å². The van der Waals surface area contributed by atoms with Gasteiger partial charge in [0.1, 0.15) is 5.69 Å². The van der Waals surface area contributed by atoms with Gasteiger partial charge in [-0.1, -0.05) is 49.2 Å². The highest BCUT2D eigenvalue weighted by atomic mass is 16.2. The lowest BCUT2D eigenvalue weighted by Crippen LogP contribution is -2.50. The lowest BCUT2D eigenvalue weighted by atomic mass is 9.83. The minimum atomic E-state index is -0.481. The van der Waals surface area contributed by atoms with Crippen LogP contribution in [0.3, 0.4) is 0 Å². The molecule has 7 nitrogen and oxygen atoms in total. The zero-order valence-corrected chi connectivity index (χ0v) is 18.4. The van der Waals surface area contributed by atoms with Crippen LogP contribution in [0.25, 0.3) is 10.9 Å². The van der Waals surface area contributed by atoms with Gasteiger partial charge in [0.15, 0.2) is 0 Å². The number of aromatic nitrogens is 1. The summed E-state index contributed by atoms with van der Waals surface area (Å²) in [6.45, 7) is 0. The summed E-state index contributed by atoms with van der Waals surface area (Å²) in [6, 6.07) is 17.9. The van der Waals surface area contributed by atoms with Crippen LogP contribution >= 0.6 is 0 Å². The van der Waals surface area contributed by atoms with Crippen LogP contribution in [-0.2, 0) is 11.8 Å². The second-order valence-electron chi connectivity index (χ2n) is 8.31. The predicted octanol–water partition coefficient (Wildman–Crippen LogP) is 4.16. The quantitative estimate of drug-likeness (QED) is 0.649. The first kappa shape index (κ1) is 21.6. The fourth-order valence-electron chi connectivity index (χ4n) is 4.43. The molecule has 166 valence electrons. The number of para-hydroxylation sites is 2. The summed E-state index contributed by atoms with van der Waals surface area (Å²) in [5.74, 6) is -0.917. The predicted molar refractivity (Wildman–Crippen MR) is 124 cm³/mol. The molecule has 32 heavy (non-hydrogen) atoms. The van der Waals surface area contributed by atoms with Gasteiger partial charge in [-0.2, -0.15) is 0 Å². The molecule has 3 aromatic rings. The standard InChI is InChI=1S/C25H28N4O3/c1-28-21-15-9-6-10-17(21)16-22(28)23(30)27-20-14-8-7-13-19(20)24(31)29(2)25(32)26-18-11-4-3-5-12-18/h3-6,9-12,15-16,19-20H,7-8,13-14H2,1-2H3,(H,26,32)(H,27,30)/t19-,20+/m1/s1. The Hall–Kier alpha value is -3.61. The van der Waals surface area contributed by atoms with Crippen LogP contribution in [0.1, 0.15) is 36.2 Å². The Kier molecular flexibility index (Phi) is 6.25. The molecule has 0 unspecified atom stereocenters. The van der Waals surface area contributed by atoms with E-state index in [4.69, 9.17) is 0 Å². The largest absolute Gasteiger partial charge is 0.347 e. The Labute approximate surface area is 187 Å². The number of carbonyl (C=O) groups is 3. The number of hydrogen-bond acceptors (Lipinski definition) is 3. The van der Waals surface area contributed by atoms with E-state index in [-0.39, 0.29) is 17.9 Å². The van der Waals surface area contributed by atoms with Gasteiger partial charge in [-0.3, -0.25) is 14.5 Å². The number of hydrogen-bond donors (Lipinski definition) is 2. The number of amides is 4. The van der Waals surface area contributed by atoms with Crippen molar-refractivity contribution in [1.29, 1.82) is 0 Å². The average molecular weight is 433 g/mol. The van der Waals surface area contributed by atoms with Crippen LogP contribution < -0.4 is 10.6 Å². The third kappa shape index (κ3) is 4.37. The number of anilines is 1. The Morgan fingerprint density at radius 1 is 0.969 bits per heavy atom. The number of benzene rings is 2. The number of nitrogens with zero attached hydrogens (tertiary/aromatic N) is 2. The Balaban J connectivity index is 1.47. The lowest BCUT2D eigenvalue weighted by molar-refractivity contribution is -0.133. The molecule has 0 saturated heterocycles. The molecule has 4 amide bonds. The van der Waals surface area contributed by atoms with Crippen molar-refractivity contribution in [2.24, 2.45) is 13.0 Å². The maximum absolute atomic E-state index is 13.2. The molecule has 7 heteroatoms. The van der Waals surface area contributed by atoms with Gasteiger partial charge in [0.05, 0.1) is 5.92 Å². The summed E-state index contributed by atoms with van der Waals surface area (Å²) >= 11 is 0. The van der Waals surface area contributed by atoms with E-state index >= 15 is 0 Å². The summed E-state index contributed by atoms with van der Waals surface area (Å²) in [4.78, 5) is 40.0. The number of nitrogens with one attached hydrogen (secondary N) is 2. The SMILES string of the molecule is CN(C(=O)Nc1ccccc1)C(=O)[C@@H]1CCCC[C@@H]1NC(=O)c1cc2ccccc2n1C. The van der Waals surface area contributed by atoms with Crippen LogP contribution in [0.4, 0.5) is 10.5 Å². The molecule has 1 saturated carbocycles. The van der Waals surface area contributed by atoms with E-state index in [2.05, 4.69) is 10.6 Å². The minimum absolute atomic E-state index is 0.204. The molecule has 4 rings (SSSR count). The van der Waals surface area contributed by atoms with E-state index in [1.54, 1.807) is 12.1 Å². The molecule has 2 N–H and O–H groups in total. The summed E-state index contributed by atoms with van der Waals surface area (Å²) < 4.78 is 1.86. The molecule has 1 aromatic heterocycles. The fraction of sp³-hybridized carbons (Fsp3) is 0.320. The van der Waals surface area contributed by atoms with Gasteiger partial charge in [0, 0.05) is 36.7 Å². The van der Waals surface area contributed by atoms with Gasteiger partial charge >= 0.3 is 6.03 Å². The van der Waals surface area contributed by atoms with Gasteiger partial charge in [0.25, 0.3) is 5.91 Å². The minimum Gasteiger partial charge on any atom is -0.347 e. The summed E-state index contributed by atoms with van der Waals surface area (Å²) in [7, 11) is 3.35. The number of aryl methyl sites for hydroxylation is 1. The second-order valence-corrected chi connectivity index (χ2v) is 8.31. The Morgan fingerprint density at radius 2 is 1.66 bits per heavy atom. The van der Waals surface area contributed by atoms with Crippen molar-refractivity contribution in [3.8, 4) is 0 Å². The molecule has 2 atom stereocenters. The number of rotatable bonds is 4. The monoisotopic (exact) mass is 432 g/mol. The van der Waals surface area contributed by atoms with Crippen molar-refractivity contribution < 1.29 is 14.4 Å². The van der Waals surface area contributed by atoms with Crippen molar-refractivity contribution >= 4 is 34.4 Å². The van der Waals surface area contributed by atoms with Crippen LogP contribution in [0.2, 0.25) is 0 Å². The maximum Gasteiger partial charge on any atom is 0.328 e. The highest BCUT2D eigenvalue weighted by Crippen LogP contribution is 2.27. The van der Waals surface area contributed by atoms with Crippen LogP contribution in [0.5, 0.6) is 0 Å². The highest BCUT2D eigenvalue weighted by Gasteiger charge is 2.36. The second kappa shape index (κ2) is 9.26. The average Bonchev–Trinajstić information content (AvgIpc) is 3.16. The molecule has 1 fully saturated rings. The molecule has 2 aromatic carbocycles. The lowest BCUT2D eigenvalue weighted by Gasteiger charge is -2.33. The van der Waals surface area contributed by atoms with E-state index in [1.807, 2.05) is 60.1 Å². The number of urea groups is 1. The summed E-state index contributed by atoms with van der Waals surface area (Å²) in [6.07, 6.45) is 3.18. The third-order valence-electron chi connectivity index (χ3n) is 6.24. The fourth-order valence-corrected chi connectivity index (χ4v) is 4.43. The van der Waals surface area contributed by atoms with E-state index in [1.165, 1.54) is 7.05 Å². The highest BCUT2D eigenvalue weighted by molar-refractivity contribution is 6.02. The van der Waals surface area contributed by atoms with E-state index in [9.17, 15) is 14.4 Å². The maximum atomic E-state index is 13.2. The molecular weight excluding hydrogens is 404 g/mol. The Morgan fingerprint density at radius 3 is 2.41 bits per heavy atom. The number of carbonyl (C=O) groups excluding carboxylic acids is 3. The van der Waals surface area contributed by atoms with Gasteiger partial charge < -0.3 is 15.2 Å². The molecular formula is C25H28N4O3. The molecule has 0 bridgehead atoms. The molecule has 0 spiro atoms. The van der Waals surface area contributed by atoms with Crippen molar-refractivity contribution in [3.63, 3.8) is 0 Å². The van der Waals surface area contributed by atoms with Gasteiger partial charge in [-0.15, -0.1) is 0 Å². The zero-order chi connectivity index (χ0) is 22.7. The smallest absolute Gasteiger partial charge is 0.328 e. The van der Waals surface area contributed by atoms with Crippen LogP contribution in [-0.4, -0.2) is 40.4 Å². The van der Waals surface area contributed by atoms with Crippen molar-refractivity contribution in [1.82, 2.24) is 14.8 Å². The molecule has 1 aliphatic rings. The number of imide groups is 1. The van der Waals surface area contributed by atoms with E-state index in [0.717, 1.165) is 28.6 Å². The van der Waals surface area contributed by atoms with E-state index < -0.39 is 11.9 Å². The van der Waals surface area contributed by atoms with E-state index in [0.29, 0.717) is 24.2 Å². The van der Waals surface area contributed by atoms with Crippen LogP contribution in [0, 0.1) is 5.92 Å². The zero-order valence-electron chi connectivity index (χ0n) is 18.4. The normalized spacial score (nSPS) is 18.2. The topological polar surface area (TPSA) is 83.4 Å².